The first kappa shape index (κ1) is 27.0. The van der Waals surface area contributed by atoms with Crippen LogP contribution in [-0.4, -0.2) is 41.2 Å². The van der Waals surface area contributed by atoms with Crippen molar-refractivity contribution >= 4 is 93.1 Å². The Bertz CT molecular complexity index is 1150. The smallest absolute Gasteiger partial charge is 0.330 e. The molecule has 0 unspecified atom stereocenters. The summed E-state index contributed by atoms with van der Waals surface area (Å²) >= 11 is 13.5. The molecule has 0 aliphatic carbocycles. The Morgan fingerprint density at radius 3 is 1.97 bits per heavy atom. The van der Waals surface area contributed by atoms with Gasteiger partial charge in [-0.15, -0.1) is 0 Å². The summed E-state index contributed by atoms with van der Waals surface area (Å²) in [6.45, 7) is 4.81. The molecule has 0 saturated heterocycles. The molecule has 2 aromatic rings. The molecule has 2 aromatic carbocycles. The summed E-state index contributed by atoms with van der Waals surface area (Å²) in [6, 6.07) is 6.12. The lowest BCUT2D eigenvalue weighted by Crippen LogP contribution is -2.49. The minimum atomic E-state index is -1.21. The Balaban J connectivity index is 1.81. The summed E-state index contributed by atoms with van der Waals surface area (Å²) in [7, 11) is 0. The highest BCUT2D eigenvalue weighted by atomic mass is 79.9. The van der Waals surface area contributed by atoms with Crippen LogP contribution < -0.4 is 5.32 Å². The number of nitrogens with zero attached hydrogens (tertiary/aromatic N) is 1. The molecule has 0 saturated carbocycles. The van der Waals surface area contributed by atoms with Crippen molar-refractivity contribution in [2.24, 2.45) is 5.92 Å². The fourth-order valence-electron chi connectivity index (χ4n) is 3.65. The maximum Gasteiger partial charge on any atom is 0.330 e. The fraction of sp³-hybridized carbons (Fsp3) is 0.304. The van der Waals surface area contributed by atoms with E-state index in [0.29, 0.717) is 23.6 Å². The number of ether oxygens (including phenoxy) is 1. The number of esters is 1. The molecule has 1 atom stereocenters. The van der Waals surface area contributed by atoms with Gasteiger partial charge in [-0.2, -0.15) is 0 Å². The normalized spacial score (nSPS) is 13.8. The number of carbonyl (C=O) groups excluding carboxylic acids is 4. The van der Waals surface area contributed by atoms with E-state index >= 15 is 0 Å². The molecule has 0 bridgehead atoms. The maximum atomic E-state index is 13.3. The molecule has 7 nitrogen and oxygen atoms in total. The van der Waals surface area contributed by atoms with Crippen molar-refractivity contribution in [1.82, 2.24) is 4.90 Å². The molecular weight excluding hydrogens is 704 g/mol. The Hall–Kier alpha value is -1.56. The van der Waals surface area contributed by atoms with Crippen LogP contribution in [0, 0.1) is 5.92 Å². The number of anilines is 1. The van der Waals surface area contributed by atoms with Crippen molar-refractivity contribution in [3.05, 3.63) is 58.8 Å². The minimum Gasteiger partial charge on any atom is -0.454 e. The molecule has 1 N–H and O–H groups in total. The molecular formula is C23H20Br4N2O5. The van der Waals surface area contributed by atoms with Gasteiger partial charge in [-0.25, -0.2) is 4.79 Å². The molecule has 1 aliphatic rings. The minimum absolute atomic E-state index is 0.138. The summed E-state index contributed by atoms with van der Waals surface area (Å²) in [5.41, 5.74) is 1.86. The van der Waals surface area contributed by atoms with Crippen molar-refractivity contribution in [2.75, 3.05) is 11.9 Å². The monoisotopic (exact) mass is 720 g/mol. The van der Waals surface area contributed by atoms with Crippen LogP contribution in [0.1, 0.15) is 47.1 Å². The molecule has 1 heterocycles. The van der Waals surface area contributed by atoms with Crippen LogP contribution >= 0.6 is 63.7 Å². The second kappa shape index (κ2) is 11.0. The van der Waals surface area contributed by atoms with Crippen molar-refractivity contribution in [3.8, 4) is 0 Å². The second-order valence-electron chi connectivity index (χ2n) is 7.84. The molecule has 11 heteroatoms. The van der Waals surface area contributed by atoms with E-state index in [2.05, 4.69) is 69.0 Å². The molecule has 34 heavy (non-hydrogen) atoms. The Kier molecular flexibility index (Phi) is 8.75. The van der Waals surface area contributed by atoms with Crippen LogP contribution in [0.15, 0.2) is 42.2 Å². The SMILES string of the molecule is CCc1ccccc1NC(=O)COC(=O)[C@H](C(C)C)N1C(=O)c2c(Br)c(Br)c(Br)c(Br)c2C1=O. The predicted molar refractivity (Wildman–Crippen MR) is 142 cm³/mol. The van der Waals surface area contributed by atoms with Gasteiger partial charge < -0.3 is 10.1 Å². The van der Waals surface area contributed by atoms with Gasteiger partial charge in [0.05, 0.1) is 11.1 Å². The quantitative estimate of drug-likeness (QED) is 0.161. The number of amides is 3. The lowest BCUT2D eigenvalue weighted by molar-refractivity contribution is -0.152. The summed E-state index contributed by atoms with van der Waals surface area (Å²) in [4.78, 5) is 52.9. The topological polar surface area (TPSA) is 92.8 Å². The Labute approximate surface area is 230 Å². The van der Waals surface area contributed by atoms with E-state index in [4.69, 9.17) is 4.74 Å². The maximum absolute atomic E-state index is 13.3. The summed E-state index contributed by atoms with van der Waals surface area (Å²) < 4.78 is 7.13. The molecule has 0 aromatic heterocycles. The van der Waals surface area contributed by atoms with Gasteiger partial charge in [-0.05, 0) is 87.7 Å². The third-order valence-corrected chi connectivity index (χ3v) is 10.1. The van der Waals surface area contributed by atoms with E-state index in [1.54, 1.807) is 26.0 Å². The van der Waals surface area contributed by atoms with Crippen molar-refractivity contribution in [3.63, 3.8) is 0 Å². The predicted octanol–water partition coefficient (Wildman–Crippen LogP) is 6.10. The summed E-state index contributed by atoms with van der Waals surface area (Å²) in [5, 5.41) is 2.73. The number of para-hydroxylation sites is 1. The third kappa shape index (κ3) is 5.03. The first-order chi connectivity index (χ1) is 16.0. The Morgan fingerprint density at radius 2 is 1.47 bits per heavy atom. The van der Waals surface area contributed by atoms with Gasteiger partial charge in [0.2, 0.25) is 0 Å². The average Bonchev–Trinajstić information content (AvgIpc) is 3.05. The van der Waals surface area contributed by atoms with Crippen molar-refractivity contribution in [1.29, 1.82) is 0 Å². The van der Waals surface area contributed by atoms with E-state index in [9.17, 15) is 19.2 Å². The first-order valence-corrected chi connectivity index (χ1v) is 13.5. The van der Waals surface area contributed by atoms with Crippen molar-refractivity contribution < 1.29 is 23.9 Å². The molecule has 1 aliphatic heterocycles. The van der Waals surface area contributed by atoms with E-state index in [1.165, 1.54) is 0 Å². The zero-order valence-electron chi connectivity index (χ0n) is 18.4. The number of aryl methyl sites for hydroxylation is 1. The van der Waals surface area contributed by atoms with Gasteiger partial charge >= 0.3 is 5.97 Å². The number of benzene rings is 2. The summed E-state index contributed by atoms with van der Waals surface area (Å²) in [5.74, 6) is -3.07. The van der Waals surface area contributed by atoms with Gasteiger partial charge in [0, 0.05) is 23.6 Å². The second-order valence-corrected chi connectivity index (χ2v) is 11.0. The highest BCUT2D eigenvalue weighted by Crippen LogP contribution is 2.46. The molecule has 180 valence electrons. The number of rotatable bonds is 7. The number of imide groups is 1. The number of halogens is 4. The Morgan fingerprint density at radius 1 is 0.941 bits per heavy atom. The van der Waals surface area contributed by atoms with Gasteiger partial charge in [-0.1, -0.05) is 39.0 Å². The third-order valence-electron chi connectivity index (χ3n) is 5.30. The highest BCUT2D eigenvalue weighted by Gasteiger charge is 2.47. The number of carbonyl (C=O) groups is 4. The van der Waals surface area contributed by atoms with Gasteiger partial charge in [0.25, 0.3) is 17.7 Å². The van der Waals surface area contributed by atoms with E-state index < -0.39 is 42.3 Å². The zero-order chi connectivity index (χ0) is 25.3. The zero-order valence-corrected chi connectivity index (χ0v) is 24.7. The van der Waals surface area contributed by atoms with Gasteiger partial charge in [0.15, 0.2) is 6.61 Å². The van der Waals surface area contributed by atoms with Crippen LogP contribution in [0.25, 0.3) is 0 Å². The van der Waals surface area contributed by atoms with Crippen LogP contribution in [-0.2, 0) is 20.7 Å². The number of nitrogens with one attached hydrogen (secondary N) is 1. The number of hydrogen-bond acceptors (Lipinski definition) is 5. The molecule has 0 spiro atoms. The van der Waals surface area contributed by atoms with Gasteiger partial charge in [-0.3, -0.25) is 19.3 Å². The molecule has 0 radical (unpaired) electrons. The largest absolute Gasteiger partial charge is 0.454 e. The van der Waals surface area contributed by atoms with E-state index in [1.807, 2.05) is 19.1 Å². The van der Waals surface area contributed by atoms with Gasteiger partial charge in [0.1, 0.15) is 6.04 Å². The highest BCUT2D eigenvalue weighted by molar-refractivity contribution is 9.15. The fourth-order valence-corrected chi connectivity index (χ4v) is 6.11. The number of hydrogen-bond donors (Lipinski definition) is 1. The lowest BCUT2D eigenvalue weighted by Gasteiger charge is -2.27. The van der Waals surface area contributed by atoms with Crippen molar-refractivity contribution in [2.45, 2.75) is 33.2 Å². The molecule has 3 amide bonds. The van der Waals surface area contributed by atoms with Crippen LogP contribution in [0.4, 0.5) is 5.69 Å². The van der Waals surface area contributed by atoms with Crippen LogP contribution in [0.3, 0.4) is 0 Å². The molecule has 0 fully saturated rings. The number of fused-ring (bicyclic) bond motifs is 1. The average molecular weight is 724 g/mol. The van der Waals surface area contributed by atoms with E-state index in [0.717, 1.165) is 16.9 Å². The standard InChI is InChI=1S/C23H20Br4N2O5/c1-4-11-7-5-6-8-12(11)28-13(30)9-34-23(33)20(10(2)3)29-21(31)14-15(22(29)32)17(25)19(27)18(26)16(14)24/h5-8,10,20H,4,9H2,1-3H3,(H,28,30)/t20-/m0/s1. The molecule has 3 rings (SSSR count). The van der Waals surface area contributed by atoms with E-state index in [-0.39, 0.29) is 11.1 Å². The van der Waals surface area contributed by atoms with Crippen LogP contribution in [0.2, 0.25) is 0 Å². The summed E-state index contributed by atoms with van der Waals surface area (Å²) in [6.07, 6.45) is 0.725. The van der Waals surface area contributed by atoms with Crippen LogP contribution in [0.5, 0.6) is 0 Å². The first-order valence-electron chi connectivity index (χ1n) is 10.3. The lowest BCUT2D eigenvalue weighted by atomic mass is 10.0.